The van der Waals surface area contributed by atoms with Crippen LogP contribution in [0.25, 0.3) is 11.0 Å². The Morgan fingerprint density at radius 2 is 1.86 bits per heavy atom. The van der Waals surface area contributed by atoms with Crippen LogP contribution >= 0.6 is 15.9 Å². The summed E-state index contributed by atoms with van der Waals surface area (Å²) in [4.78, 5) is 15.1. The molecule has 5 nitrogen and oxygen atoms in total. The van der Waals surface area contributed by atoms with Crippen molar-refractivity contribution >= 4 is 32.7 Å². The smallest absolute Gasteiger partial charge is 0.266 e. The fraction of sp³-hybridized carbons (Fsp3) is 0.741. The molecule has 8 atom stereocenters. The molecule has 190 valence electrons. The highest BCUT2D eigenvalue weighted by Crippen LogP contribution is 2.65. The maximum Gasteiger partial charge on any atom is 0.266 e. The minimum absolute atomic E-state index is 0.000926. The lowest BCUT2D eigenvalue weighted by atomic mass is 9.49. The largest absolute Gasteiger partial charge is 0.384 e. The first kappa shape index (κ1) is 24.0. The number of Topliss-reactive ketones (excluding diaryl/α,β-unsaturated/α-hetero) is 1. The molecule has 0 aliphatic heterocycles. The zero-order valence-corrected chi connectivity index (χ0v) is 21.8. The van der Waals surface area contributed by atoms with Crippen molar-refractivity contribution in [1.29, 1.82) is 0 Å². The van der Waals surface area contributed by atoms with Gasteiger partial charge in [0.2, 0.25) is 0 Å². The number of hydrogen-bond acceptors (Lipinski definition) is 4. The normalized spacial score (nSPS) is 41.0. The lowest BCUT2D eigenvalue weighted by Crippen LogP contribution is -2.53. The standard InChI is InChI=1S/C27H34BrF2N3O2/c1-26-10-8-18-17-9-11-27(35,25(29)30)13-15(17)2-4-19(18)20(26)5-6-21(26)24(34)14-33-31-22-7-3-16(28)12-23(22)32-33/h3,7,12,15,17-21,25,35H,2,4-6,8-11,13-14H2,1H3/t15-,17+,18-,19-,20+,21-,26+,27-/m1/s1. The molecule has 1 aromatic heterocycles. The van der Waals surface area contributed by atoms with E-state index in [0.717, 1.165) is 54.0 Å². The molecule has 1 N–H and O–H groups in total. The molecule has 0 spiro atoms. The molecule has 4 aliphatic rings. The van der Waals surface area contributed by atoms with Crippen molar-refractivity contribution in [2.24, 2.45) is 40.9 Å². The third-order valence-corrected chi connectivity index (χ3v) is 11.0. The molecule has 0 radical (unpaired) electrons. The molecule has 1 aromatic carbocycles. The van der Waals surface area contributed by atoms with Crippen molar-refractivity contribution in [1.82, 2.24) is 15.0 Å². The number of alkyl halides is 2. The summed E-state index contributed by atoms with van der Waals surface area (Å²) in [5.41, 5.74) is -0.214. The Kier molecular flexibility index (Phi) is 5.87. The van der Waals surface area contributed by atoms with Gasteiger partial charge in [-0.2, -0.15) is 15.0 Å². The molecule has 4 saturated carbocycles. The second-order valence-electron chi connectivity index (χ2n) is 12.1. The Balaban J connectivity index is 1.16. The lowest BCUT2D eigenvalue weighted by Gasteiger charge is -2.57. The summed E-state index contributed by atoms with van der Waals surface area (Å²) >= 11 is 3.46. The first-order valence-electron chi connectivity index (χ1n) is 13.2. The van der Waals surface area contributed by atoms with Crippen LogP contribution in [0.1, 0.15) is 64.7 Å². The number of benzene rings is 1. The van der Waals surface area contributed by atoms with E-state index in [2.05, 4.69) is 33.1 Å². The van der Waals surface area contributed by atoms with Gasteiger partial charge in [-0.05, 0) is 111 Å². The topological polar surface area (TPSA) is 68.0 Å². The third kappa shape index (κ3) is 3.89. The number of ketones is 1. The molecule has 1 heterocycles. The van der Waals surface area contributed by atoms with Gasteiger partial charge in [-0.3, -0.25) is 4.79 Å². The van der Waals surface area contributed by atoms with Crippen LogP contribution in [-0.4, -0.2) is 37.9 Å². The minimum Gasteiger partial charge on any atom is -0.384 e. The quantitative estimate of drug-likeness (QED) is 0.505. The Bertz CT molecular complexity index is 1140. The van der Waals surface area contributed by atoms with E-state index >= 15 is 0 Å². The van der Waals surface area contributed by atoms with Gasteiger partial charge in [-0.1, -0.05) is 22.9 Å². The Labute approximate surface area is 213 Å². The van der Waals surface area contributed by atoms with Crippen LogP contribution in [0.3, 0.4) is 0 Å². The molecular weight excluding hydrogens is 516 g/mol. The second-order valence-corrected chi connectivity index (χ2v) is 13.0. The van der Waals surface area contributed by atoms with Crippen LogP contribution in [0.4, 0.5) is 8.78 Å². The molecular formula is C27H34BrF2N3O2. The van der Waals surface area contributed by atoms with Crippen LogP contribution in [-0.2, 0) is 11.3 Å². The first-order valence-corrected chi connectivity index (χ1v) is 14.0. The summed E-state index contributed by atoms with van der Waals surface area (Å²) in [6.07, 6.45) is 4.63. The average Bonchev–Trinajstić information content (AvgIpc) is 3.38. The Hall–Kier alpha value is -1.41. The van der Waals surface area contributed by atoms with Gasteiger partial charge in [-0.25, -0.2) is 8.78 Å². The maximum absolute atomic E-state index is 13.5. The minimum atomic E-state index is -2.65. The zero-order chi connectivity index (χ0) is 24.5. The number of fused-ring (bicyclic) bond motifs is 6. The molecule has 2 aromatic rings. The van der Waals surface area contributed by atoms with E-state index in [1.807, 2.05) is 18.2 Å². The second kappa shape index (κ2) is 8.57. The monoisotopic (exact) mass is 549 g/mol. The molecule has 8 heteroatoms. The zero-order valence-electron chi connectivity index (χ0n) is 20.2. The van der Waals surface area contributed by atoms with Crippen molar-refractivity contribution in [3.05, 3.63) is 22.7 Å². The summed E-state index contributed by atoms with van der Waals surface area (Å²) in [6, 6.07) is 5.76. The molecule has 0 amide bonds. The van der Waals surface area contributed by atoms with E-state index in [1.165, 1.54) is 0 Å². The predicted octanol–water partition coefficient (Wildman–Crippen LogP) is 6.03. The lowest BCUT2D eigenvalue weighted by molar-refractivity contribution is -0.160. The number of aromatic nitrogens is 3. The summed E-state index contributed by atoms with van der Waals surface area (Å²) < 4.78 is 27.9. The number of carbonyl (C=O) groups excluding carboxylic acids is 1. The summed E-state index contributed by atoms with van der Waals surface area (Å²) in [5.74, 6) is 2.59. The molecule has 0 bridgehead atoms. The fourth-order valence-electron chi connectivity index (χ4n) is 8.89. The van der Waals surface area contributed by atoms with Crippen LogP contribution in [0.15, 0.2) is 22.7 Å². The number of halogens is 3. The van der Waals surface area contributed by atoms with Gasteiger partial charge < -0.3 is 5.11 Å². The number of hydrogen-bond donors (Lipinski definition) is 1. The molecule has 6 rings (SSSR count). The Morgan fingerprint density at radius 1 is 1.09 bits per heavy atom. The highest BCUT2D eigenvalue weighted by molar-refractivity contribution is 9.10. The van der Waals surface area contributed by atoms with E-state index in [-0.39, 0.29) is 42.4 Å². The van der Waals surface area contributed by atoms with Gasteiger partial charge >= 0.3 is 0 Å². The van der Waals surface area contributed by atoms with E-state index in [9.17, 15) is 18.7 Å². The van der Waals surface area contributed by atoms with E-state index in [1.54, 1.807) is 4.80 Å². The first-order chi connectivity index (χ1) is 16.7. The van der Waals surface area contributed by atoms with Crippen LogP contribution < -0.4 is 0 Å². The summed E-state index contributed by atoms with van der Waals surface area (Å²) in [6.45, 7) is 2.54. The number of rotatable bonds is 4. The molecule has 0 saturated heterocycles. The van der Waals surface area contributed by atoms with E-state index in [4.69, 9.17) is 0 Å². The fourth-order valence-corrected chi connectivity index (χ4v) is 9.24. The summed E-state index contributed by atoms with van der Waals surface area (Å²) in [7, 11) is 0. The molecule has 0 unspecified atom stereocenters. The van der Waals surface area contributed by atoms with Crippen molar-refractivity contribution < 1.29 is 18.7 Å². The number of nitrogens with zero attached hydrogens (tertiary/aromatic N) is 3. The molecule has 35 heavy (non-hydrogen) atoms. The summed E-state index contributed by atoms with van der Waals surface area (Å²) in [5, 5.41) is 19.5. The van der Waals surface area contributed by atoms with Crippen molar-refractivity contribution in [2.45, 2.75) is 83.3 Å². The van der Waals surface area contributed by atoms with Crippen molar-refractivity contribution in [2.75, 3.05) is 0 Å². The maximum atomic E-state index is 13.5. The van der Waals surface area contributed by atoms with Gasteiger partial charge in [0.25, 0.3) is 6.43 Å². The highest BCUT2D eigenvalue weighted by Gasteiger charge is 2.59. The average molecular weight is 550 g/mol. The van der Waals surface area contributed by atoms with Crippen LogP contribution in [0.2, 0.25) is 0 Å². The SMILES string of the molecule is C[C@]12CC[C@H]3[C@@H](CC[C@@H]4C[C@@](O)(C(F)F)CC[C@@H]43)[C@@H]1CC[C@@H]2C(=O)Cn1nc2ccc(Br)cc2n1. The third-order valence-electron chi connectivity index (χ3n) is 10.5. The van der Waals surface area contributed by atoms with Gasteiger partial charge in [-0.15, -0.1) is 0 Å². The van der Waals surface area contributed by atoms with Gasteiger partial charge in [0.1, 0.15) is 23.2 Å². The predicted molar refractivity (Wildman–Crippen MR) is 132 cm³/mol. The van der Waals surface area contributed by atoms with Crippen LogP contribution in [0.5, 0.6) is 0 Å². The van der Waals surface area contributed by atoms with Gasteiger partial charge in [0, 0.05) is 10.4 Å². The number of carbonyl (C=O) groups is 1. The van der Waals surface area contributed by atoms with Crippen molar-refractivity contribution in [3.8, 4) is 0 Å². The van der Waals surface area contributed by atoms with Crippen molar-refractivity contribution in [3.63, 3.8) is 0 Å². The highest BCUT2D eigenvalue weighted by atomic mass is 79.9. The molecule has 4 aliphatic carbocycles. The van der Waals surface area contributed by atoms with Gasteiger partial charge in [0.15, 0.2) is 5.78 Å². The van der Waals surface area contributed by atoms with E-state index in [0.29, 0.717) is 30.1 Å². The molecule has 4 fully saturated rings. The Morgan fingerprint density at radius 3 is 2.66 bits per heavy atom. The number of aliphatic hydroxyl groups is 1. The van der Waals surface area contributed by atoms with Crippen LogP contribution in [0, 0.1) is 40.9 Å². The van der Waals surface area contributed by atoms with Gasteiger partial charge in [0.05, 0.1) is 0 Å². The van der Waals surface area contributed by atoms with E-state index < -0.39 is 12.0 Å².